The Morgan fingerprint density at radius 3 is 2.93 bits per heavy atom. The van der Waals surface area contributed by atoms with E-state index >= 15 is 0 Å². The fourth-order valence-electron chi connectivity index (χ4n) is 3.55. The second kappa shape index (κ2) is 8.46. The molecule has 1 aliphatic rings. The first-order valence-corrected chi connectivity index (χ1v) is 9.57. The number of amides is 1. The number of benzene rings is 1. The minimum absolute atomic E-state index is 0.0499. The minimum atomic E-state index is -0.739. The maximum absolute atomic E-state index is 13.1. The number of carbonyl (C=O) groups is 1. The second-order valence-electron chi connectivity index (χ2n) is 7.13. The number of oxazole rings is 1. The summed E-state index contributed by atoms with van der Waals surface area (Å²) in [6.07, 6.45) is 5.12. The molecule has 2 aromatic heterocycles. The highest BCUT2D eigenvalue weighted by Gasteiger charge is 2.24. The van der Waals surface area contributed by atoms with E-state index in [9.17, 15) is 19.7 Å². The number of carbonyl (C=O) groups excluding carboxylic acids is 1. The average molecular weight is 412 g/mol. The van der Waals surface area contributed by atoms with Gasteiger partial charge in [0.15, 0.2) is 5.58 Å². The number of nitrogens with zero attached hydrogens (tertiary/aromatic N) is 4. The lowest BCUT2D eigenvalue weighted by Gasteiger charge is -2.25. The molecule has 0 N–H and O–H groups in total. The Morgan fingerprint density at radius 2 is 2.23 bits per heavy atom. The Labute approximate surface area is 170 Å². The Kier molecular flexibility index (Phi) is 5.57. The standard InChI is InChI=1S/C20H20N4O6/c25-19(13-23-17-6-5-15(24(27)28)9-18(17)30-20(23)26)22(12-16-4-2-8-29-16)11-14-3-1-7-21-10-14/h1,3,5-7,9-10,16H,2,4,8,11-13H2. The molecule has 0 bridgehead atoms. The summed E-state index contributed by atoms with van der Waals surface area (Å²) in [5.41, 5.74) is 1.08. The molecule has 0 saturated carbocycles. The lowest BCUT2D eigenvalue weighted by atomic mass is 10.2. The van der Waals surface area contributed by atoms with Gasteiger partial charge in [-0.1, -0.05) is 6.07 Å². The zero-order valence-corrected chi connectivity index (χ0v) is 16.1. The summed E-state index contributed by atoms with van der Waals surface area (Å²) in [6, 6.07) is 7.54. The third-order valence-corrected chi connectivity index (χ3v) is 5.05. The first-order valence-electron chi connectivity index (χ1n) is 9.57. The fourth-order valence-corrected chi connectivity index (χ4v) is 3.55. The predicted molar refractivity (Wildman–Crippen MR) is 106 cm³/mol. The Hall–Kier alpha value is -3.53. The number of hydrogen-bond donors (Lipinski definition) is 0. The summed E-state index contributed by atoms with van der Waals surface area (Å²) in [5, 5.41) is 10.9. The van der Waals surface area contributed by atoms with Crippen LogP contribution in [-0.4, -0.2) is 44.5 Å². The first kappa shape index (κ1) is 19.8. The van der Waals surface area contributed by atoms with Gasteiger partial charge in [-0.25, -0.2) is 4.79 Å². The summed E-state index contributed by atoms with van der Waals surface area (Å²) in [6.45, 7) is 1.17. The van der Waals surface area contributed by atoms with Crippen molar-refractivity contribution >= 4 is 22.7 Å². The molecule has 30 heavy (non-hydrogen) atoms. The molecule has 1 atom stereocenters. The molecule has 1 saturated heterocycles. The van der Waals surface area contributed by atoms with E-state index in [1.54, 1.807) is 23.4 Å². The van der Waals surface area contributed by atoms with Crippen molar-refractivity contribution in [3.05, 3.63) is 69.0 Å². The Balaban J connectivity index is 1.59. The van der Waals surface area contributed by atoms with Crippen molar-refractivity contribution in [3.8, 4) is 0 Å². The fraction of sp³-hybridized carbons (Fsp3) is 0.350. The highest BCUT2D eigenvalue weighted by Crippen LogP contribution is 2.21. The molecule has 4 rings (SSSR count). The lowest BCUT2D eigenvalue weighted by Crippen LogP contribution is -2.40. The molecular formula is C20H20N4O6. The van der Waals surface area contributed by atoms with Crippen molar-refractivity contribution in [3.63, 3.8) is 0 Å². The zero-order chi connectivity index (χ0) is 21.1. The molecule has 0 aliphatic carbocycles. The number of rotatable bonds is 7. The topological polar surface area (TPSA) is 121 Å². The van der Waals surface area contributed by atoms with Crippen LogP contribution in [-0.2, 0) is 22.6 Å². The predicted octanol–water partition coefficient (Wildman–Crippen LogP) is 2.11. The highest BCUT2D eigenvalue weighted by molar-refractivity contribution is 5.80. The van der Waals surface area contributed by atoms with Gasteiger partial charge in [0.1, 0.15) is 6.54 Å². The van der Waals surface area contributed by atoms with Crippen LogP contribution >= 0.6 is 0 Å². The molecule has 1 amide bonds. The number of non-ortho nitro benzene ring substituents is 1. The summed E-state index contributed by atoms with van der Waals surface area (Å²) in [4.78, 5) is 41.5. The maximum atomic E-state index is 13.1. The van der Waals surface area contributed by atoms with Gasteiger partial charge in [-0.15, -0.1) is 0 Å². The molecule has 0 radical (unpaired) electrons. The number of aromatic nitrogens is 2. The molecular weight excluding hydrogens is 392 g/mol. The van der Waals surface area contributed by atoms with Crippen molar-refractivity contribution in [2.45, 2.75) is 32.0 Å². The van der Waals surface area contributed by atoms with Crippen LogP contribution in [0.25, 0.3) is 11.1 Å². The summed E-state index contributed by atoms with van der Waals surface area (Å²) in [5.74, 6) is -1.02. The molecule has 1 fully saturated rings. The largest absolute Gasteiger partial charge is 0.420 e. The van der Waals surface area contributed by atoms with Gasteiger partial charge in [0.25, 0.3) is 5.69 Å². The van der Waals surface area contributed by atoms with Crippen LogP contribution < -0.4 is 5.76 Å². The number of nitro benzene ring substituents is 1. The first-order chi connectivity index (χ1) is 14.5. The van der Waals surface area contributed by atoms with Crippen LogP contribution in [0.1, 0.15) is 18.4 Å². The van der Waals surface area contributed by atoms with Crippen LogP contribution in [0.5, 0.6) is 0 Å². The quantitative estimate of drug-likeness (QED) is 0.430. The van der Waals surface area contributed by atoms with Gasteiger partial charge in [-0.2, -0.15) is 0 Å². The van der Waals surface area contributed by atoms with E-state index in [2.05, 4.69) is 4.98 Å². The summed E-state index contributed by atoms with van der Waals surface area (Å²) in [7, 11) is 0. The van der Waals surface area contributed by atoms with Crippen molar-refractivity contribution < 1.29 is 18.9 Å². The minimum Gasteiger partial charge on any atom is -0.407 e. The summed E-state index contributed by atoms with van der Waals surface area (Å²) < 4.78 is 12.0. The lowest BCUT2D eigenvalue weighted by molar-refractivity contribution is -0.384. The zero-order valence-electron chi connectivity index (χ0n) is 16.1. The van der Waals surface area contributed by atoms with Gasteiger partial charge >= 0.3 is 5.76 Å². The number of hydrogen-bond acceptors (Lipinski definition) is 7. The van der Waals surface area contributed by atoms with Crippen LogP contribution in [0.4, 0.5) is 5.69 Å². The maximum Gasteiger partial charge on any atom is 0.420 e. The molecule has 1 unspecified atom stereocenters. The molecule has 156 valence electrons. The van der Waals surface area contributed by atoms with E-state index < -0.39 is 10.7 Å². The van der Waals surface area contributed by atoms with Crippen molar-refractivity contribution in [1.29, 1.82) is 0 Å². The van der Waals surface area contributed by atoms with Crippen LogP contribution in [0, 0.1) is 10.1 Å². The molecule has 1 aliphatic heterocycles. The van der Waals surface area contributed by atoms with Crippen molar-refractivity contribution in [1.82, 2.24) is 14.5 Å². The summed E-state index contributed by atoms with van der Waals surface area (Å²) >= 11 is 0. The number of ether oxygens (including phenoxy) is 1. The van der Waals surface area contributed by atoms with Crippen LogP contribution in [0.15, 0.2) is 51.9 Å². The smallest absolute Gasteiger partial charge is 0.407 e. The molecule has 1 aromatic carbocycles. The Bertz CT molecular complexity index is 1120. The van der Waals surface area contributed by atoms with E-state index in [1.165, 1.54) is 22.8 Å². The van der Waals surface area contributed by atoms with E-state index in [1.807, 2.05) is 6.07 Å². The van der Waals surface area contributed by atoms with E-state index in [0.29, 0.717) is 25.2 Å². The average Bonchev–Trinajstić information content (AvgIpc) is 3.35. The molecule has 10 nitrogen and oxygen atoms in total. The SMILES string of the molecule is O=C(Cn1c(=O)oc2cc([N+](=O)[O-])ccc21)N(Cc1cccnc1)CC1CCCO1. The monoisotopic (exact) mass is 412 g/mol. The van der Waals surface area contributed by atoms with E-state index in [-0.39, 0.29) is 29.8 Å². The van der Waals surface area contributed by atoms with Crippen molar-refractivity contribution in [2.24, 2.45) is 0 Å². The second-order valence-corrected chi connectivity index (χ2v) is 7.13. The van der Waals surface area contributed by atoms with Gasteiger partial charge < -0.3 is 14.1 Å². The van der Waals surface area contributed by atoms with Crippen LogP contribution in [0.3, 0.4) is 0 Å². The van der Waals surface area contributed by atoms with Gasteiger partial charge in [0.05, 0.1) is 22.6 Å². The Morgan fingerprint density at radius 1 is 1.37 bits per heavy atom. The van der Waals surface area contributed by atoms with Gasteiger partial charge in [0, 0.05) is 38.2 Å². The third-order valence-electron chi connectivity index (χ3n) is 5.05. The highest BCUT2D eigenvalue weighted by atomic mass is 16.6. The van der Waals surface area contributed by atoms with Gasteiger partial charge in [-0.3, -0.25) is 24.5 Å². The molecule has 3 aromatic rings. The molecule has 3 heterocycles. The van der Waals surface area contributed by atoms with E-state index in [0.717, 1.165) is 18.4 Å². The normalized spacial score (nSPS) is 16.1. The van der Waals surface area contributed by atoms with E-state index in [4.69, 9.17) is 9.15 Å². The number of fused-ring (bicyclic) bond motifs is 1. The molecule has 0 spiro atoms. The number of pyridine rings is 1. The molecule has 10 heteroatoms. The third kappa shape index (κ3) is 4.23. The van der Waals surface area contributed by atoms with Crippen LogP contribution in [0.2, 0.25) is 0 Å². The van der Waals surface area contributed by atoms with Crippen molar-refractivity contribution in [2.75, 3.05) is 13.2 Å². The van der Waals surface area contributed by atoms with Gasteiger partial charge in [0.2, 0.25) is 5.91 Å². The number of nitro groups is 1. The van der Waals surface area contributed by atoms with Gasteiger partial charge in [-0.05, 0) is 30.5 Å².